The Morgan fingerprint density at radius 3 is 2.58 bits per heavy atom. The number of rotatable bonds is 5. The molecule has 4 nitrogen and oxygen atoms in total. The Morgan fingerprint density at radius 2 is 1.83 bits per heavy atom. The van der Waals surface area contributed by atoms with E-state index >= 15 is 0 Å². The molecule has 1 unspecified atom stereocenters. The summed E-state index contributed by atoms with van der Waals surface area (Å²) in [6.07, 6.45) is 1.14. The zero-order chi connectivity index (χ0) is 16.9. The van der Waals surface area contributed by atoms with Crippen LogP contribution in [-0.2, 0) is 22.6 Å². The largest absolute Gasteiger partial charge is 0.352 e. The quantitative estimate of drug-likeness (QED) is 0.920. The first kappa shape index (κ1) is 16.2. The molecular formula is C20H22N2O2. The van der Waals surface area contributed by atoms with Crippen LogP contribution in [-0.4, -0.2) is 18.4 Å². The predicted octanol–water partition coefficient (Wildman–Crippen LogP) is 2.92. The molecule has 1 aliphatic rings. The monoisotopic (exact) mass is 322 g/mol. The Hall–Kier alpha value is -2.62. The normalized spacial score (nSPS) is 17.1. The minimum absolute atomic E-state index is 0.0239. The molecule has 2 amide bonds. The number of nitrogens with zero attached hydrogens (tertiary/aromatic N) is 1. The van der Waals surface area contributed by atoms with Crippen LogP contribution in [0.25, 0.3) is 0 Å². The Labute approximate surface area is 142 Å². The SMILES string of the molecule is CCc1ccccc1N1CC(C(=O)NCc2ccccc2)CC1=O. The lowest BCUT2D eigenvalue weighted by Gasteiger charge is -2.20. The number of nitrogens with one attached hydrogen (secondary N) is 1. The van der Waals surface area contributed by atoms with Gasteiger partial charge in [0, 0.05) is 25.2 Å². The maximum atomic E-state index is 12.4. The van der Waals surface area contributed by atoms with E-state index in [4.69, 9.17) is 0 Å². The molecule has 0 radical (unpaired) electrons. The second-order valence-corrected chi connectivity index (χ2v) is 6.09. The molecule has 1 saturated heterocycles. The molecule has 0 aromatic heterocycles. The molecule has 2 aromatic carbocycles. The molecular weight excluding hydrogens is 300 g/mol. The van der Waals surface area contributed by atoms with Crippen molar-refractivity contribution in [2.45, 2.75) is 26.3 Å². The third kappa shape index (κ3) is 3.48. The lowest BCUT2D eigenvalue weighted by molar-refractivity contribution is -0.126. The topological polar surface area (TPSA) is 49.4 Å². The number of hydrogen-bond acceptors (Lipinski definition) is 2. The van der Waals surface area contributed by atoms with Crippen molar-refractivity contribution in [2.24, 2.45) is 5.92 Å². The average Bonchev–Trinajstić information content (AvgIpc) is 3.02. The molecule has 1 aliphatic heterocycles. The molecule has 0 spiro atoms. The number of benzene rings is 2. The third-order valence-electron chi connectivity index (χ3n) is 4.47. The van der Waals surface area contributed by atoms with E-state index in [1.165, 1.54) is 0 Å². The van der Waals surface area contributed by atoms with Crippen LogP contribution in [0, 0.1) is 5.92 Å². The number of anilines is 1. The molecule has 1 fully saturated rings. The number of aryl methyl sites for hydroxylation is 1. The first-order valence-corrected chi connectivity index (χ1v) is 8.39. The van der Waals surface area contributed by atoms with Gasteiger partial charge in [0.2, 0.25) is 11.8 Å². The minimum atomic E-state index is -0.286. The summed E-state index contributed by atoms with van der Waals surface area (Å²) in [6.45, 7) is 3.02. The van der Waals surface area contributed by atoms with Gasteiger partial charge in [-0.05, 0) is 23.6 Å². The fourth-order valence-electron chi connectivity index (χ4n) is 3.12. The van der Waals surface area contributed by atoms with Crippen LogP contribution < -0.4 is 10.2 Å². The lowest BCUT2D eigenvalue weighted by atomic mass is 10.1. The fraction of sp³-hybridized carbons (Fsp3) is 0.300. The lowest BCUT2D eigenvalue weighted by Crippen LogP contribution is -2.32. The summed E-state index contributed by atoms with van der Waals surface area (Å²) in [6, 6.07) is 17.7. The van der Waals surface area contributed by atoms with Gasteiger partial charge in [-0.2, -0.15) is 0 Å². The van der Waals surface area contributed by atoms with E-state index in [2.05, 4.69) is 12.2 Å². The molecule has 1 atom stereocenters. The summed E-state index contributed by atoms with van der Waals surface area (Å²) in [5.74, 6) is -0.314. The maximum absolute atomic E-state index is 12.4. The third-order valence-corrected chi connectivity index (χ3v) is 4.47. The number of amides is 2. The fourth-order valence-corrected chi connectivity index (χ4v) is 3.12. The number of carbonyl (C=O) groups excluding carboxylic acids is 2. The minimum Gasteiger partial charge on any atom is -0.352 e. The summed E-state index contributed by atoms with van der Waals surface area (Å²) in [7, 11) is 0. The van der Waals surface area contributed by atoms with Crippen LogP contribution in [0.3, 0.4) is 0 Å². The molecule has 0 bridgehead atoms. The van der Waals surface area contributed by atoms with E-state index < -0.39 is 0 Å². The molecule has 124 valence electrons. The van der Waals surface area contributed by atoms with Gasteiger partial charge in [0.1, 0.15) is 0 Å². The molecule has 0 aliphatic carbocycles. The predicted molar refractivity (Wildman–Crippen MR) is 94.6 cm³/mol. The highest BCUT2D eigenvalue weighted by Crippen LogP contribution is 2.28. The highest BCUT2D eigenvalue weighted by molar-refractivity contribution is 6.00. The zero-order valence-corrected chi connectivity index (χ0v) is 13.9. The smallest absolute Gasteiger partial charge is 0.227 e. The van der Waals surface area contributed by atoms with Gasteiger partial charge in [-0.1, -0.05) is 55.5 Å². The standard InChI is InChI=1S/C20H22N2O2/c1-2-16-10-6-7-11-18(16)22-14-17(12-19(22)23)20(24)21-13-15-8-4-3-5-9-15/h3-11,17H,2,12-14H2,1H3,(H,21,24). The summed E-state index contributed by atoms with van der Waals surface area (Å²) >= 11 is 0. The van der Waals surface area contributed by atoms with Crippen LogP contribution in [0.5, 0.6) is 0 Å². The number of hydrogen-bond donors (Lipinski definition) is 1. The maximum Gasteiger partial charge on any atom is 0.227 e. The van der Waals surface area contributed by atoms with Crippen LogP contribution in [0.4, 0.5) is 5.69 Å². The van der Waals surface area contributed by atoms with Crippen LogP contribution >= 0.6 is 0 Å². The van der Waals surface area contributed by atoms with Crippen molar-refractivity contribution < 1.29 is 9.59 Å². The zero-order valence-electron chi connectivity index (χ0n) is 13.9. The second kappa shape index (κ2) is 7.30. The number of para-hydroxylation sites is 1. The van der Waals surface area contributed by atoms with Crippen molar-refractivity contribution in [3.63, 3.8) is 0 Å². The molecule has 1 N–H and O–H groups in total. The van der Waals surface area contributed by atoms with Crippen molar-refractivity contribution >= 4 is 17.5 Å². The van der Waals surface area contributed by atoms with E-state index in [-0.39, 0.29) is 24.2 Å². The Balaban J connectivity index is 1.65. The van der Waals surface area contributed by atoms with Crippen molar-refractivity contribution in [3.8, 4) is 0 Å². The molecule has 0 saturated carbocycles. The second-order valence-electron chi connectivity index (χ2n) is 6.09. The van der Waals surface area contributed by atoms with Crippen LogP contribution in [0.1, 0.15) is 24.5 Å². The molecule has 2 aromatic rings. The van der Waals surface area contributed by atoms with E-state index in [1.54, 1.807) is 4.90 Å². The summed E-state index contributed by atoms with van der Waals surface area (Å²) < 4.78 is 0. The van der Waals surface area contributed by atoms with Crippen molar-refractivity contribution in [2.75, 3.05) is 11.4 Å². The number of carbonyl (C=O) groups is 2. The molecule has 4 heteroatoms. The molecule has 3 rings (SSSR count). The van der Waals surface area contributed by atoms with Gasteiger partial charge >= 0.3 is 0 Å². The van der Waals surface area contributed by atoms with Gasteiger partial charge in [-0.15, -0.1) is 0 Å². The summed E-state index contributed by atoms with van der Waals surface area (Å²) in [5.41, 5.74) is 3.13. The van der Waals surface area contributed by atoms with Gasteiger partial charge in [0.15, 0.2) is 0 Å². The Morgan fingerprint density at radius 1 is 1.12 bits per heavy atom. The van der Waals surface area contributed by atoms with Crippen molar-refractivity contribution in [3.05, 3.63) is 65.7 Å². The van der Waals surface area contributed by atoms with Gasteiger partial charge in [0.05, 0.1) is 5.92 Å². The molecule has 1 heterocycles. The Bertz CT molecular complexity index is 727. The first-order valence-electron chi connectivity index (χ1n) is 8.39. The molecule has 24 heavy (non-hydrogen) atoms. The van der Waals surface area contributed by atoms with E-state index in [0.29, 0.717) is 13.1 Å². The average molecular weight is 322 g/mol. The summed E-state index contributed by atoms with van der Waals surface area (Å²) in [4.78, 5) is 26.5. The van der Waals surface area contributed by atoms with Crippen LogP contribution in [0.15, 0.2) is 54.6 Å². The van der Waals surface area contributed by atoms with Crippen molar-refractivity contribution in [1.29, 1.82) is 0 Å². The van der Waals surface area contributed by atoms with E-state index in [0.717, 1.165) is 23.2 Å². The highest BCUT2D eigenvalue weighted by Gasteiger charge is 2.35. The summed E-state index contributed by atoms with van der Waals surface area (Å²) in [5, 5.41) is 2.94. The van der Waals surface area contributed by atoms with Gasteiger partial charge < -0.3 is 10.2 Å². The van der Waals surface area contributed by atoms with Gasteiger partial charge in [-0.3, -0.25) is 9.59 Å². The van der Waals surface area contributed by atoms with Gasteiger partial charge in [-0.25, -0.2) is 0 Å². The van der Waals surface area contributed by atoms with E-state index in [1.807, 2.05) is 54.6 Å². The van der Waals surface area contributed by atoms with Crippen molar-refractivity contribution in [1.82, 2.24) is 5.32 Å². The highest BCUT2D eigenvalue weighted by atomic mass is 16.2. The van der Waals surface area contributed by atoms with Crippen LogP contribution in [0.2, 0.25) is 0 Å². The first-order chi connectivity index (χ1) is 11.7. The Kier molecular flexibility index (Phi) is 4.94. The van der Waals surface area contributed by atoms with E-state index in [9.17, 15) is 9.59 Å². The van der Waals surface area contributed by atoms with Gasteiger partial charge in [0.25, 0.3) is 0 Å².